The highest BCUT2D eigenvalue weighted by Crippen LogP contribution is 2.30. The summed E-state index contributed by atoms with van der Waals surface area (Å²) in [6.07, 6.45) is 5.88. The van der Waals surface area contributed by atoms with E-state index in [9.17, 15) is 4.39 Å². The number of halogens is 2. The smallest absolute Gasteiger partial charge is 0.174 e. The Morgan fingerprint density at radius 3 is 2.56 bits per heavy atom. The molecule has 1 fully saturated rings. The topological polar surface area (TPSA) is 24.5 Å². The van der Waals surface area contributed by atoms with Gasteiger partial charge in [-0.1, -0.05) is 43.0 Å². The summed E-state index contributed by atoms with van der Waals surface area (Å²) < 4.78 is 18.7. The molecule has 0 atom stereocenters. The fraction of sp³-hybridized carbons (Fsp3) is 0.381. The third-order valence-corrected chi connectivity index (χ3v) is 5.52. The number of hydrogen-bond acceptors (Lipinski definition) is 2. The molecule has 1 aliphatic carbocycles. The van der Waals surface area contributed by atoms with Gasteiger partial charge in [0, 0.05) is 17.6 Å². The number of hydrogen-bond donors (Lipinski definition) is 1. The summed E-state index contributed by atoms with van der Waals surface area (Å²) in [4.78, 5) is 2.21. The highest BCUT2D eigenvalue weighted by molar-refractivity contribution is 7.80. The molecule has 3 rings (SSSR count). The van der Waals surface area contributed by atoms with Crippen molar-refractivity contribution in [2.45, 2.75) is 44.7 Å². The van der Waals surface area contributed by atoms with Gasteiger partial charge < -0.3 is 15.0 Å². The van der Waals surface area contributed by atoms with E-state index in [1.54, 1.807) is 13.2 Å². The second-order valence-electron chi connectivity index (χ2n) is 6.82. The van der Waals surface area contributed by atoms with Crippen molar-refractivity contribution < 1.29 is 9.13 Å². The van der Waals surface area contributed by atoms with Gasteiger partial charge in [0.15, 0.2) is 5.11 Å². The second kappa shape index (κ2) is 9.38. The molecule has 2 aromatic carbocycles. The number of ether oxygens (including phenoxy) is 1. The van der Waals surface area contributed by atoms with E-state index in [1.807, 2.05) is 24.3 Å². The Labute approximate surface area is 170 Å². The Kier molecular flexibility index (Phi) is 6.91. The molecule has 0 unspecified atom stereocenters. The molecule has 1 saturated carbocycles. The molecule has 1 aliphatic rings. The lowest BCUT2D eigenvalue weighted by molar-refractivity contribution is 0.240. The van der Waals surface area contributed by atoms with Crippen LogP contribution < -0.4 is 10.1 Å². The van der Waals surface area contributed by atoms with Crippen LogP contribution >= 0.6 is 23.8 Å². The normalized spacial score (nSPS) is 14.6. The fourth-order valence-corrected chi connectivity index (χ4v) is 4.01. The van der Waals surface area contributed by atoms with Crippen LogP contribution in [0.3, 0.4) is 0 Å². The zero-order chi connectivity index (χ0) is 19.2. The van der Waals surface area contributed by atoms with Crippen molar-refractivity contribution in [3.8, 4) is 5.75 Å². The van der Waals surface area contributed by atoms with E-state index >= 15 is 0 Å². The predicted molar refractivity (Wildman–Crippen MR) is 113 cm³/mol. The largest absolute Gasteiger partial charge is 0.495 e. The van der Waals surface area contributed by atoms with Gasteiger partial charge in [-0.3, -0.25) is 0 Å². The zero-order valence-electron chi connectivity index (χ0n) is 15.4. The molecule has 1 N–H and O–H groups in total. The Morgan fingerprint density at radius 1 is 1.19 bits per heavy atom. The van der Waals surface area contributed by atoms with Crippen molar-refractivity contribution in [1.29, 1.82) is 0 Å². The van der Waals surface area contributed by atoms with E-state index in [0.29, 0.717) is 28.5 Å². The fourth-order valence-electron chi connectivity index (χ4n) is 3.51. The standard InChI is InChI=1S/C21H24ClFN2OS/c1-26-20-12-9-16(22)13-19(20)24-21(27)25(18-5-3-2-4-6-18)14-15-7-10-17(23)11-8-15/h7-13,18H,2-6,14H2,1H3,(H,24,27). The van der Waals surface area contributed by atoms with Crippen LogP contribution in [-0.4, -0.2) is 23.2 Å². The van der Waals surface area contributed by atoms with Crippen LogP contribution in [0.5, 0.6) is 5.75 Å². The van der Waals surface area contributed by atoms with Crippen molar-refractivity contribution in [2.75, 3.05) is 12.4 Å². The molecule has 0 spiro atoms. The number of thiocarbonyl (C=S) groups is 1. The number of methoxy groups -OCH3 is 1. The van der Waals surface area contributed by atoms with Crippen molar-refractivity contribution in [2.24, 2.45) is 0 Å². The average molecular weight is 407 g/mol. The number of nitrogens with zero attached hydrogens (tertiary/aromatic N) is 1. The van der Waals surface area contributed by atoms with Crippen LogP contribution in [0.2, 0.25) is 5.02 Å². The monoisotopic (exact) mass is 406 g/mol. The molecule has 0 radical (unpaired) electrons. The number of benzene rings is 2. The molecular formula is C21H24ClFN2OS. The number of anilines is 1. The van der Waals surface area contributed by atoms with Crippen LogP contribution in [0, 0.1) is 5.82 Å². The molecule has 2 aromatic rings. The number of nitrogens with one attached hydrogen (secondary N) is 1. The minimum atomic E-state index is -0.229. The van der Waals surface area contributed by atoms with Crippen molar-refractivity contribution in [1.82, 2.24) is 4.90 Å². The Hall–Kier alpha value is -1.85. The van der Waals surface area contributed by atoms with Crippen LogP contribution in [0.15, 0.2) is 42.5 Å². The molecule has 144 valence electrons. The van der Waals surface area contributed by atoms with E-state index in [-0.39, 0.29) is 5.82 Å². The lowest BCUT2D eigenvalue weighted by Gasteiger charge is -2.36. The molecule has 0 aromatic heterocycles. The first-order valence-electron chi connectivity index (χ1n) is 9.22. The van der Waals surface area contributed by atoms with Crippen LogP contribution in [0.1, 0.15) is 37.7 Å². The van der Waals surface area contributed by atoms with Gasteiger partial charge in [-0.05, 0) is 61.0 Å². The Morgan fingerprint density at radius 2 is 1.89 bits per heavy atom. The first kappa shape index (κ1) is 19.9. The molecule has 3 nitrogen and oxygen atoms in total. The summed E-state index contributed by atoms with van der Waals surface area (Å²) in [6.45, 7) is 0.639. The SMILES string of the molecule is COc1ccc(Cl)cc1NC(=S)N(Cc1ccc(F)cc1)C1CCCCC1. The minimum absolute atomic E-state index is 0.229. The van der Waals surface area contributed by atoms with E-state index in [1.165, 1.54) is 31.4 Å². The van der Waals surface area contributed by atoms with Crippen molar-refractivity contribution >= 4 is 34.6 Å². The maximum absolute atomic E-state index is 13.3. The van der Waals surface area contributed by atoms with Gasteiger partial charge in [0.1, 0.15) is 11.6 Å². The van der Waals surface area contributed by atoms with Gasteiger partial charge in [-0.2, -0.15) is 0 Å². The maximum atomic E-state index is 13.3. The minimum Gasteiger partial charge on any atom is -0.495 e. The van der Waals surface area contributed by atoms with Crippen LogP contribution in [0.25, 0.3) is 0 Å². The summed E-state index contributed by atoms with van der Waals surface area (Å²) >= 11 is 11.9. The molecule has 0 heterocycles. The summed E-state index contributed by atoms with van der Waals surface area (Å²) in [5.74, 6) is 0.458. The van der Waals surface area contributed by atoms with Crippen LogP contribution in [-0.2, 0) is 6.54 Å². The van der Waals surface area contributed by atoms with E-state index in [2.05, 4.69) is 10.2 Å². The molecule has 6 heteroatoms. The molecular weight excluding hydrogens is 383 g/mol. The maximum Gasteiger partial charge on any atom is 0.174 e. The van der Waals surface area contributed by atoms with E-state index < -0.39 is 0 Å². The van der Waals surface area contributed by atoms with Crippen LogP contribution in [0.4, 0.5) is 10.1 Å². The highest BCUT2D eigenvalue weighted by atomic mass is 35.5. The number of rotatable bonds is 5. The predicted octanol–water partition coefficient (Wildman–Crippen LogP) is 6.02. The van der Waals surface area contributed by atoms with Gasteiger partial charge >= 0.3 is 0 Å². The average Bonchev–Trinajstić information content (AvgIpc) is 2.68. The molecule has 0 amide bonds. The Balaban J connectivity index is 1.81. The van der Waals surface area contributed by atoms with E-state index in [0.717, 1.165) is 24.1 Å². The summed E-state index contributed by atoms with van der Waals surface area (Å²) in [7, 11) is 1.62. The summed E-state index contributed by atoms with van der Waals surface area (Å²) in [5, 5.41) is 4.55. The van der Waals surface area contributed by atoms with Crippen molar-refractivity contribution in [3.63, 3.8) is 0 Å². The summed E-state index contributed by atoms with van der Waals surface area (Å²) in [6, 6.07) is 12.4. The lowest BCUT2D eigenvalue weighted by atomic mass is 9.94. The lowest BCUT2D eigenvalue weighted by Crippen LogP contribution is -2.43. The Bertz CT molecular complexity index is 778. The molecule has 27 heavy (non-hydrogen) atoms. The third kappa shape index (κ3) is 5.33. The van der Waals surface area contributed by atoms with Gasteiger partial charge in [0.05, 0.1) is 12.8 Å². The van der Waals surface area contributed by atoms with E-state index in [4.69, 9.17) is 28.6 Å². The van der Waals surface area contributed by atoms with Crippen molar-refractivity contribution in [3.05, 3.63) is 58.9 Å². The van der Waals surface area contributed by atoms with Gasteiger partial charge in [-0.15, -0.1) is 0 Å². The summed E-state index contributed by atoms with van der Waals surface area (Å²) in [5.41, 5.74) is 1.78. The van der Waals surface area contributed by atoms with Gasteiger partial charge in [0.25, 0.3) is 0 Å². The second-order valence-corrected chi connectivity index (χ2v) is 7.64. The highest BCUT2D eigenvalue weighted by Gasteiger charge is 2.24. The molecule has 0 saturated heterocycles. The quantitative estimate of drug-likeness (QED) is 0.613. The molecule has 0 bridgehead atoms. The van der Waals surface area contributed by atoms with Gasteiger partial charge in [-0.25, -0.2) is 4.39 Å². The molecule has 0 aliphatic heterocycles. The third-order valence-electron chi connectivity index (χ3n) is 4.95. The first-order chi connectivity index (χ1) is 13.1. The van der Waals surface area contributed by atoms with Gasteiger partial charge in [0.2, 0.25) is 0 Å². The first-order valence-corrected chi connectivity index (χ1v) is 10.0. The zero-order valence-corrected chi connectivity index (χ0v) is 17.0.